The van der Waals surface area contributed by atoms with Crippen molar-refractivity contribution in [3.8, 4) is 11.5 Å². The zero-order chi connectivity index (χ0) is 15.4. The molecular weight excluding hydrogens is 294 g/mol. The third-order valence-corrected chi connectivity index (χ3v) is 4.10. The van der Waals surface area contributed by atoms with Gasteiger partial charge in [-0.25, -0.2) is 14.9 Å². The van der Waals surface area contributed by atoms with Gasteiger partial charge in [-0.3, -0.25) is 0 Å². The summed E-state index contributed by atoms with van der Waals surface area (Å²) in [6, 6.07) is 13.9. The van der Waals surface area contributed by atoms with Gasteiger partial charge in [-0.05, 0) is 30.3 Å². The molecule has 0 saturated heterocycles. The van der Waals surface area contributed by atoms with Crippen molar-refractivity contribution in [2.75, 3.05) is 12.1 Å². The highest BCUT2D eigenvalue weighted by atomic mass is 16.7. The smallest absolute Gasteiger partial charge is 0.365 e. The maximum Gasteiger partial charge on any atom is 0.365 e. The molecule has 3 heterocycles. The number of para-hydroxylation sites is 2. The number of anilines is 1. The summed E-state index contributed by atoms with van der Waals surface area (Å²) in [6.07, 6.45) is -0.267. The number of aliphatic imine (C=N–C) groups is 1. The fraction of sp³-hybridized carbons (Fsp3) is 0.125. The number of H-pyrrole nitrogens is 1. The van der Waals surface area contributed by atoms with Crippen LogP contribution < -0.4 is 25.1 Å². The van der Waals surface area contributed by atoms with E-state index in [4.69, 9.17) is 15.2 Å². The number of nitrogens with one attached hydrogen (secondary N) is 2. The van der Waals surface area contributed by atoms with Crippen LogP contribution in [0.5, 0.6) is 11.5 Å². The largest absolute Gasteiger partial charge is 0.454 e. The van der Waals surface area contributed by atoms with Gasteiger partial charge in [-0.1, -0.05) is 12.1 Å². The summed E-state index contributed by atoms with van der Waals surface area (Å²) < 4.78 is 12.9. The molecule has 1 atom stereocenters. The van der Waals surface area contributed by atoms with Crippen LogP contribution in [0.4, 0.5) is 5.95 Å². The minimum absolute atomic E-state index is 0.252. The minimum atomic E-state index is -0.267. The van der Waals surface area contributed by atoms with Crippen LogP contribution in [0.1, 0.15) is 11.7 Å². The second-order valence-electron chi connectivity index (χ2n) is 5.49. The van der Waals surface area contributed by atoms with E-state index in [-0.39, 0.29) is 13.0 Å². The van der Waals surface area contributed by atoms with E-state index in [1.54, 1.807) is 0 Å². The molecule has 23 heavy (non-hydrogen) atoms. The Kier molecular flexibility index (Phi) is 2.35. The summed E-state index contributed by atoms with van der Waals surface area (Å²) in [4.78, 5) is 7.91. The number of nitrogens with two attached hydrogens (primary N) is 1. The SMILES string of the molecule is NC1=N[C@H](c2ccc3c(c2)OCO3)[n+]2c([nH]c3ccccc32)N1. The van der Waals surface area contributed by atoms with E-state index < -0.39 is 0 Å². The van der Waals surface area contributed by atoms with Crippen LogP contribution in [-0.4, -0.2) is 17.7 Å². The van der Waals surface area contributed by atoms with E-state index in [0.717, 1.165) is 34.0 Å². The summed E-state index contributed by atoms with van der Waals surface area (Å²) >= 11 is 0. The Balaban J connectivity index is 1.72. The highest BCUT2D eigenvalue weighted by Crippen LogP contribution is 2.35. The van der Waals surface area contributed by atoms with Gasteiger partial charge in [-0.2, -0.15) is 4.99 Å². The Hall–Kier alpha value is -3.22. The summed E-state index contributed by atoms with van der Waals surface area (Å²) in [5, 5.41) is 3.08. The first-order valence-electron chi connectivity index (χ1n) is 7.32. The van der Waals surface area contributed by atoms with Crippen molar-refractivity contribution in [2.45, 2.75) is 6.17 Å². The molecule has 2 aliphatic heterocycles. The van der Waals surface area contributed by atoms with E-state index >= 15 is 0 Å². The number of rotatable bonds is 1. The lowest BCUT2D eigenvalue weighted by molar-refractivity contribution is -0.674. The number of benzene rings is 2. The third kappa shape index (κ3) is 1.76. The fourth-order valence-corrected chi connectivity index (χ4v) is 3.08. The maximum absolute atomic E-state index is 5.96. The number of hydrogen-bond donors (Lipinski definition) is 3. The van der Waals surface area contributed by atoms with Crippen molar-refractivity contribution in [3.05, 3.63) is 48.0 Å². The van der Waals surface area contributed by atoms with Crippen LogP contribution in [0.2, 0.25) is 0 Å². The number of aromatic amines is 1. The van der Waals surface area contributed by atoms with Gasteiger partial charge in [0.1, 0.15) is 11.0 Å². The molecule has 0 radical (unpaired) electrons. The standard InChI is InChI=1S/C16H13N5O2/c17-15-19-14(9-5-6-12-13(7-9)23-8-22-12)21-11-4-2-1-3-10(11)18-16(21)20-15/h1-7,14H,8H2,(H3,17,18,19,20)/p+1/t14-/m0/s1. The molecule has 114 valence electrons. The van der Waals surface area contributed by atoms with Crippen LogP contribution >= 0.6 is 0 Å². The topological polar surface area (TPSA) is 88.5 Å². The van der Waals surface area contributed by atoms with Crippen molar-refractivity contribution in [3.63, 3.8) is 0 Å². The quantitative estimate of drug-likeness (QED) is 0.594. The van der Waals surface area contributed by atoms with Gasteiger partial charge in [0.25, 0.3) is 5.96 Å². The predicted octanol–water partition coefficient (Wildman–Crippen LogP) is 1.47. The summed E-state index contributed by atoms with van der Waals surface area (Å²) in [6.45, 7) is 0.252. The molecule has 5 rings (SSSR count). The molecule has 0 aliphatic carbocycles. The van der Waals surface area contributed by atoms with Gasteiger partial charge in [0.2, 0.25) is 13.0 Å². The van der Waals surface area contributed by atoms with Crippen LogP contribution in [0.15, 0.2) is 47.5 Å². The lowest BCUT2D eigenvalue weighted by atomic mass is 10.1. The van der Waals surface area contributed by atoms with Crippen LogP contribution in [0.3, 0.4) is 0 Å². The number of guanidine groups is 1. The number of ether oxygens (including phenoxy) is 2. The zero-order valence-electron chi connectivity index (χ0n) is 12.1. The molecule has 3 aromatic rings. The van der Waals surface area contributed by atoms with E-state index in [9.17, 15) is 0 Å². The van der Waals surface area contributed by atoms with E-state index in [1.807, 2.05) is 42.5 Å². The number of imidazole rings is 1. The van der Waals surface area contributed by atoms with E-state index in [0.29, 0.717) is 5.96 Å². The molecule has 7 heteroatoms. The summed E-state index contributed by atoms with van der Waals surface area (Å²) in [5.41, 5.74) is 9.01. The molecule has 0 fully saturated rings. The second-order valence-corrected chi connectivity index (χ2v) is 5.49. The highest BCUT2D eigenvalue weighted by molar-refractivity contribution is 5.92. The minimum Gasteiger partial charge on any atom is -0.454 e. The summed E-state index contributed by atoms with van der Waals surface area (Å²) in [5.74, 6) is 2.67. The first-order valence-corrected chi connectivity index (χ1v) is 7.32. The number of hydrogen-bond acceptors (Lipinski definition) is 5. The molecule has 7 nitrogen and oxygen atoms in total. The van der Waals surface area contributed by atoms with Gasteiger partial charge in [0.05, 0.1) is 0 Å². The van der Waals surface area contributed by atoms with Crippen molar-refractivity contribution in [1.82, 2.24) is 4.98 Å². The Bertz CT molecular complexity index is 962. The maximum atomic E-state index is 5.96. The normalized spacial score (nSPS) is 18.4. The molecule has 0 amide bonds. The van der Waals surface area contributed by atoms with E-state index in [1.165, 1.54) is 0 Å². The number of fused-ring (bicyclic) bond motifs is 4. The van der Waals surface area contributed by atoms with Gasteiger partial charge in [0.15, 0.2) is 11.5 Å². The van der Waals surface area contributed by atoms with Crippen LogP contribution in [-0.2, 0) is 0 Å². The van der Waals surface area contributed by atoms with Gasteiger partial charge >= 0.3 is 5.95 Å². The number of nitrogens with zero attached hydrogens (tertiary/aromatic N) is 2. The van der Waals surface area contributed by atoms with Crippen LogP contribution in [0, 0.1) is 0 Å². The number of aromatic nitrogens is 2. The molecule has 0 unspecified atom stereocenters. The molecule has 0 spiro atoms. The monoisotopic (exact) mass is 308 g/mol. The van der Waals surface area contributed by atoms with Crippen molar-refractivity contribution in [1.29, 1.82) is 0 Å². The molecule has 4 N–H and O–H groups in total. The first kappa shape index (κ1) is 12.3. The lowest BCUT2D eigenvalue weighted by Gasteiger charge is -2.18. The fourth-order valence-electron chi connectivity index (χ4n) is 3.08. The average Bonchev–Trinajstić information content (AvgIpc) is 3.17. The van der Waals surface area contributed by atoms with E-state index in [2.05, 4.69) is 19.9 Å². The van der Waals surface area contributed by atoms with Crippen molar-refractivity contribution >= 4 is 22.9 Å². The van der Waals surface area contributed by atoms with Gasteiger partial charge < -0.3 is 15.2 Å². The van der Waals surface area contributed by atoms with Gasteiger partial charge in [0, 0.05) is 5.56 Å². The predicted molar refractivity (Wildman–Crippen MR) is 84.4 cm³/mol. The summed E-state index contributed by atoms with van der Waals surface area (Å²) in [7, 11) is 0. The Morgan fingerprint density at radius 1 is 1.13 bits per heavy atom. The van der Waals surface area contributed by atoms with Crippen molar-refractivity contribution < 1.29 is 14.0 Å². The highest BCUT2D eigenvalue weighted by Gasteiger charge is 2.31. The molecule has 0 saturated carbocycles. The Labute approximate surface area is 131 Å². The van der Waals surface area contributed by atoms with Gasteiger partial charge in [-0.15, -0.1) is 0 Å². The first-order chi connectivity index (χ1) is 11.3. The zero-order valence-corrected chi connectivity index (χ0v) is 12.1. The van der Waals surface area contributed by atoms with Crippen LogP contribution in [0.25, 0.3) is 11.0 Å². The Morgan fingerprint density at radius 3 is 2.96 bits per heavy atom. The molecule has 0 bridgehead atoms. The molecule has 1 aromatic heterocycles. The third-order valence-electron chi connectivity index (χ3n) is 4.10. The van der Waals surface area contributed by atoms with Crippen molar-refractivity contribution in [2.24, 2.45) is 10.7 Å². The second kappa shape index (κ2) is 4.39. The lowest BCUT2D eigenvalue weighted by Crippen LogP contribution is -2.48. The molecule has 2 aliphatic rings. The molecule has 2 aromatic carbocycles. The average molecular weight is 308 g/mol. The Morgan fingerprint density at radius 2 is 2.00 bits per heavy atom. The molecular formula is C16H14N5O2+.